The number of benzene rings is 1. The average Bonchev–Trinajstić information content (AvgIpc) is 2.81. The molecule has 11 nitrogen and oxygen atoms in total. The van der Waals surface area contributed by atoms with Crippen LogP contribution in [0.3, 0.4) is 0 Å². The lowest BCUT2D eigenvalue weighted by molar-refractivity contribution is -0.181. The van der Waals surface area contributed by atoms with Gasteiger partial charge in [0, 0.05) is 44.4 Å². The molecule has 6 atom stereocenters. The molecule has 218 valence electrons. The van der Waals surface area contributed by atoms with Crippen molar-refractivity contribution in [1.29, 1.82) is 0 Å². The first-order chi connectivity index (χ1) is 18.4. The first-order valence-corrected chi connectivity index (χ1v) is 13.5. The van der Waals surface area contributed by atoms with Crippen LogP contribution in [-0.4, -0.2) is 90.5 Å². The maximum Gasteiger partial charge on any atom is 0.235 e. The van der Waals surface area contributed by atoms with Crippen LogP contribution in [0.4, 0.5) is 5.69 Å². The Balaban J connectivity index is 1.83. The Kier molecular flexibility index (Phi) is 7.49. The zero-order valence-corrected chi connectivity index (χ0v) is 24.2. The number of nitrogens with one attached hydrogen (secondary N) is 1. The van der Waals surface area contributed by atoms with E-state index < -0.39 is 64.4 Å². The summed E-state index contributed by atoms with van der Waals surface area (Å²) in [6.45, 7) is 7.14. The molecule has 1 amide bonds. The van der Waals surface area contributed by atoms with Crippen LogP contribution < -0.4 is 16.0 Å². The molecule has 40 heavy (non-hydrogen) atoms. The molecule has 0 aliphatic heterocycles. The van der Waals surface area contributed by atoms with Crippen LogP contribution in [0.1, 0.15) is 48.7 Å². The van der Waals surface area contributed by atoms with Crippen LogP contribution in [0.25, 0.3) is 0 Å². The van der Waals surface area contributed by atoms with E-state index in [9.17, 15) is 34.2 Å². The van der Waals surface area contributed by atoms with Crippen molar-refractivity contribution >= 4 is 34.7 Å². The van der Waals surface area contributed by atoms with Crippen LogP contribution >= 0.6 is 0 Å². The fourth-order valence-corrected chi connectivity index (χ4v) is 6.81. The summed E-state index contributed by atoms with van der Waals surface area (Å²) < 4.78 is 0. The Morgan fingerprint density at radius 3 is 2.27 bits per heavy atom. The molecule has 5 N–H and O–H groups in total. The Morgan fingerprint density at radius 1 is 1.12 bits per heavy atom. The van der Waals surface area contributed by atoms with Gasteiger partial charge in [0.2, 0.25) is 5.91 Å². The molecular weight excluding hydrogens is 516 g/mol. The number of phenolic OH excluding ortho intramolecular Hbond substituents is 1. The number of aromatic hydroxyl groups is 1. The van der Waals surface area contributed by atoms with Crippen molar-refractivity contribution in [1.82, 2.24) is 10.2 Å². The number of hydrogen-bond donors (Lipinski definition) is 4. The number of phenols is 1. The minimum absolute atomic E-state index is 0.00496. The van der Waals surface area contributed by atoms with Gasteiger partial charge in [0.25, 0.3) is 0 Å². The van der Waals surface area contributed by atoms with Gasteiger partial charge in [-0.25, -0.2) is 0 Å². The number of carbonyl (C=O) groups excluding carboxylic acids is 5. The largest absolute Gasteiger partial charge is 0.507 e. The highest BCUT2D eigenvalue weighted by molar-refractivity contribution is 6.32. The van der Waals surface area contributed by atoms with Gasteiger partial charge in [-0.1, -0.05) is 20.8 Å². The molecule has 1 aromatic carbocycles. The number of nitrogens with zero attached hydrogens (tertiary/aromatic N) is 2. The van der Waals surface area contributed by atoms with Gasteiger partial charge in [-0.15, -0.1) is 0 Å². The summed E-state index contributed by atoms with van der Waals surface area (Å²) in [6.07, 6.45) is 0.245. The predicted octanol–water partition coefficient (Wildman–Crippen LogP) is 0.0687. The predicted molar refractivity (Wildman–Crippen MR) is 147 cm³/mol. The number of anilines is 1. The highest BCUT2D eigenvalue weighted by Gasteiger charge is 2.69. The molecule has 11 heteroatoms. The molecule has 2 fully saturated rings. The van der Waals surface area contributed by atoms with Crippen LogP contribution in [-0.2, 0) is 32.1 Å². The minimum Gasteiger partial charge on any atom is -0.507 e. The average molecular weight is 557 g/mol. The molecule has 0 saturated heterocycles. The molecule has 0 aromatic heterocycles. The molecule has 0 bridgehead atoms. The molecule has 0 spiro atoms. The normalized spacial score (nSPS) is 30.2. The van der Waals surface area contributed by atoms with Crippen molar-refractivity contribution in [3.05, 3.63) is 22.8 Å². The Morgan fingerprint density at radius 2 is 1.75 bits per heavy atom. The van der Waals surface area contributed by atoms with Gasteiger partial charge in [-0.3, -0.25) is 28.9 Å². The quantitative estimate of drug-likeness (QED) is 0.352. The highest BCUT2D eigenvalue weighted by Crippen LogP contribution is 2.52. The molecule has 2 saturated carbocycles. The summed E-state index contributed by atoms with van der Waals surface area (Å²) in [4.78, 5) is 70.1. The van der Waals surface area contributed by atoms with Crippen LogP contribution in [0.2, 0.25) is 0 Å². The number of ketones is 4. The van der Waals surface area contributed by atoms with Crippen LogP contribution in [0, 0.1) is 29.1 Å². The number of Topliss-reactive ketones (excluding diaryl/α,β-unsaturated/α-hetero) is 4. The summed E-state index contributed by atoms with van der Waals surface area (Å²) in [5.41, 5.74) is 4.41. The van der Waals surface area contributed by atoms with E-state index >= 15 is 0 Å². The SMILES string of the molecule is CN(C)c1cc(CNCC(C)(C)C)c(O)c2c1C[C@H]1C[C@H]3[C@H](N(C)C)C(=O)C(C(N)=O)C(=O)[C@@]3(O)C(=O)C1C2=O. The van der Waals surface area contributed by atoms with E-state index in [0.29, 0.717) is 23.4 Å². The first kappa shape index (κ1) is 29.8. The molecule has 2 unspecified atom stereocenters. The van der Waals surface area contributed by atoms with E-state index in [-0.39, 0.29) is 36.1 Å². The van der Waals surface area contributed by atoms with E-state index in [4.69, 9.17) is 5.73 Å². The maximum absolute atomic E-state index is 14.0. The molecule has 4 rings (SSSR count). The summed E-state index contributed by atoms with van der Waals surface area (Å²) in [5.74, 6) is -10.4. The monoisotopic (exact) mass is 556 g/mol. The van der Waals surface area contributed by atoms with Crippen molar-refractivity contribution in [2.75, 3.05) is 39.6 Å². The van der Waals surface area contributed by atoms with Gasteiger partial charge in [0.15, 0.2) is 34.7 Å². The van der Waals surface area contributed by atoms with E-state index in [1.807, 2.05) is 25.1 Å². The Labute approximate surface area is 234 Å². The number of fused-ring (bicyclic) bond motifs is 3. The third-order valence-corrected chi connectivity index (χ3v) is 8.57. The first-order valence-electron chi connectivity index (χ1n) is 13.5. The lowest BCUT2D eigenvalue weighted by atomic mass is 9.52. The number of carbonyl (C=O) groups is 5. The number of amides is 1. The standard InChI is InChI=1S/C29H40N4O7/c1-28(2,3)12-31-11-14-10-17(32(4)5)15-8-13-9-16-21(33(6)7)24(36)20(27(30)39)26(38)29(16,40)25(37)18(13)23(35)19(15)22(14)34/h10,13,16,18,20-21,31,34,40H,8-9,11-12H2,1-7H3,(H2,30,39)/t13-,16-,18?,20?,21-,29-/m0/s1. The van der Waals surface area contributed by atoms with Gasteiger partial charge >= 0.3 is 0 Å². The number of rotatable bonds is 6. The zero-order valence-electron chi connectivity index (χ0n) is 24.2. The molecule has 0 heterocycles. The number of hydrogen-bond acceptors (Lipinski definition) is 10. The van der Waals surface area contributed by atoms with E-state index in [1.165, 1.54) is 4.90 Å². The van der Waals surface area contributed by atoms with E-state index in [0.717, 1.165) is 0 Å². The Hall–Kier alpha value is -3.15. The number of nitrogens with two attached hydrogens (primary N) is 1. The van der Waals surface area contributed by atoms with Crippen molar-refractivity contribution < 1.29 is 34.2 Å². The van der Waals surface area contributed by atoms with Crippen molar-refractivity contribution in [2.24, 2.45) is 34.8 Å². The number of primary amides is 1. The topological polar surface area (TPSA) is 170 Å². The number of likely N-dealkylation sites (N-methyl/N-ethyl adjacent to an activating group) is 1. The van der Waals surface area contributed by atoms with Crippen molar-refractivity contribution in [3.63, 3.8) is 0 Å². The van der Waals surface area contributed by atoms with Gasteiger partial charge < -0.3 is 26.2 Å². The summed E-state index contributed by atoms with van der Waals surface area (Å²) in [7, 11) is 6.77. The zero-order chi connectivity index (χ0) is 30.1. The van der Waals surface area contributed by atoms with Gasteiger partial charge in [0.1, 0.15) is 5.75 Å². The molecule has 0 radical (unpaired) electrons. The number of aliphatic hydroxyl groups is 1. The summed E-state index contributed by atoms with van der Waals surface area (Å²) >= 11 is 0. The third kappa shape index (κ3) is 4.53. The lowest BCUT2D eigenvalue weighted by Crippen LogP contribution is -2.74. The fourth-order valence-electron chi connectivity index (χ4n) is 6.81. The lowest BCUT2D eigenvalue weighted by Gasteiger charge is -2.52. The fraction of sp³-hybridized carbons (Fsp3) is 0.621. The highest BCUT2D eigenvalue weighted by atomic mass is 16.3. The smallest absolute Gasteiger partial charge is 0.235 e. The van der Waals surface area contributed by atoms with Crippen molar-refractivity contribution in [3.8, 4) is 5.75 Å². The van der Waals surface area contributed by atoms with Crippen molar-refractivity contribution in [2.45, 2.75) is 51.8 Å². The second kappa shape index (κ2) is 10.0. The summed E-state index contributed by atoms with van der Waals surface area (Å²) in [5, 5.41) is 26.3. The van der Waals surface area contributed by atoms with Gasteiger partial charge in [-0.05, 0) is 49.9 Å². The minimum atomic E-state index is -2.73. The van der Waals surface area contributed by atoms with Crippen LogP contribution in [0.5, 0.6) is 5.75 Å². The second-order valence-corrected chi connectivity index (χ2v) is 13.1. The second-order valence-electron chi connectivity index (χ2n) is 13.1. The molecular formula is C29H40N4O7. The van der Waals surface area contributed by atoms with E-state index in [1.54, 1.807) is 14.1 Å². The molecule has 3 aliphatic carbocycles. The maximum atomic E-state index is 14.0. The van der Waals surface area contributed by atoms with Gasteiger partial charge in [-0.2, -0.15) is 0 Å². The van der Waals surface area contributed by atoms with E-state index in [2.05, 4.69) is 26.1 Å². The molecule has 3 aliphatic rings. The Bertz CT molecular complexity index is 1300. The van der Waals surface area contributed by atoms with Crippen LogP contribution in [0.15, 0.2) is 6.07 Å². The molecule has 1 aromatic rings. The summed E-state index contributed by atoms with van der Waals surface area (Å²) in [6, 6.07) is 0.700. The van der Waals surface area contributed by atoms with Gasteiger partial charge in [0.05, 0.1) is 17.5 Å². The third-order valence-electron chi connectivity index (χ3n) is 8.57.